The maximum atomic E-state index is 11.7. The first-order valence-corrected chi connectivity index (χ1v) is 5.29. The van der Waals surface area contributed by atoms with Crippen LogP contribution in [0.4, 0.5) is 0 Å². The number of rotatable bonds is 4. The molecule has 14 heavy (non-hydrogen) atoms. The van der Waals surface area contributed by atoms with Crippen LogP contribution in [0.1, 0.15) is 25.7 Å². The van der Waals surface area contributed by atoms with Gasteiger partial charge in [0.2, 0.25) is 5.91 Å². The third kappa shape index (κ3) is 2.84. The van der Waals surface area contributed by atoms with Crippen LogP contribution in [0.2, 0.25) is 0 Å². The van der Waals surface area contributed by atoms with Gasteiger partial charge in [0.05, 0.1) is 0 Å². The van der Waals surface area contributed by atoms with E-state index in [0.717, 1.165) is 25.7 Å². The summed E-state index contributed by atoms with van der Waals surface area (Å²) >= 11 is 0. The van der Waals surface area contributed by atoms with Gasteiger partial charge in [-0.3, -0.25) is 4.79 Å². The predicted octanol–water partition coefficient (Wildman–Crippen LogP) is 1.09. The maximum absolute atomic E-state index is 11.7. The van der Waals surface area contributed by atoms with E-state index in [1.54, 1.807) is 6.08 Å². The Morgan fingerprint density at radius 1 is 1.50 bits per heavy atom. The number of aliphatic hydroxyl groups is 1. The summed E-state index contributed by atoms with van der Waals surface area (Å²) in [5.41, 5.74) is 0. The molecule has 1 amide bonds. The largest absolute Gasteiger partial charge is 0.396 e. The molecule has 0 heterocycles. The van der Waals surface area contributed by atoms with E-state index in [0.29, 0.717) is 6.54 Å². The number of amides is 1. The van der Waals surface area contributed by atoms with Crippen LogP contribution in [0, 0.1) is 11.8 Å². The first kappa shape index (κ1) is 11.2. The Hall–Kier alpha value is -0.830. The molecule has 0 aromatic carbocycles. The van der Waals surface area contributed by atoms with E-state index in [-0.39, 0.29) is 24.3 Å². The van der Waals surface area contributed by atoms with Gasteiger partial charge < -0.3 is 10.4 Å². The van der Waals surface area contributed by atoms with Crippen molar-refractivity contribution in [1.29, 1.82) is 0 Å². The summed E-state index contributed by atoms with van der Waals surface area (Å²) in [6, 6.07) is 0. The maximum Gasteiger partial charge on any atom is 0.223 e. The fourth-order valence-electron chi connectivity index (χ4n) is 2.08. The molecule has 2 N–H and O–H groups in total. The number of aliphatic hydroxyl groups excluding tert-OH is 1. The molecule has 3 heteroatoms. The molecule has 1 aliphatic rings. The van der Waals surface area contributed by atoms with Crippen molar-refractivity contribution in [1.82, 2.24) is 5.32 Å². The van der Waals surface area contributed by atoms with Crippen LogP contribution in [0.3, 0.4) is 0 Å². The summed E-state index contributed by atoms with van der Waals surface area (Å²) < 4.78 is 0. The third-order valence-electron chi connectivity index (χ3n) is 2.90. The summed E-state index contributed by atoms with van der Waals surface area (Å²) in [5, 5.41) is 11.9. The van der Waals surface area contributed by atoms with Crippen molar-refractivity contribution in [3.63, 3.8) is 0 Å². The topological polar surface area (TPSA) is 49.3 Å². The smallest absolute Gasteiger partial charge is 0.223 e. The fraction of sp³-hybridized carbons (Fsp3) is 0.727. The molecule has 3 nitrogen and oxygen atoms in total. The van der Waals surface area contributed by atoms with Crippen LogP contribution in [0.15, 0.2) is 12.7 Å². The molecule has 0 radical (unpaired) electrons. The minimum atomic E-state index is 0.00806. The molecule has 1 rings (SSSR count). The summed E-state index contributed by atoms with van der Waals surface area (Å²) in [7, 11) is 0. The summed E-state index contributed by atoms with van der Waals surface area (Å²) in [6.45, 7) is 4.21. The van der Waals surface area contributed by atoms with Gasteiger partial charge in [-0.15, -0.1) is 6.58 Å². The van der Waals surface area contributed by atoms with Gasteiger partial charge in [0.25, 0.3) is 0 Å². The van der Waals surface area contributed by atoms with E-state index in [2.05, 4.69) is 11.9 Å². The molecule has 1 aliphatic carbocycles. The van der Waals surface area contributed by atoms with Gasteiger partial charge in [-0.1, -0.05) is 18.9 Å². The second-order valence-electron chi connectivity index (χ2n) is 3.87. The Labute approximate surface area is 85.2 Å². The Morgan fingerprint density at radius 2 is 2.21 bits per heavy atom. The molecule has 0 aromatic heterocycles. The number of carbonyl (C=O) groups excluding carboxylic acids is 1. The molecule has 0 saturated heterocycles. The molecular weight excluding hydrogens is 178 g/mol. The van der Waals surface area contributed by atoms with Crippen molar-refractivity contribution in [2.75, 3.05) is 13.2 Å². The molecule has 80 valence electrons. The molecule has 1 fully saturated rings. The molecule has 0 aliphatic heterocycles. The lowest BCUT2D eigenvalue weighted by Gasteiger charge is -2.28. The first-order valence-electron chi connectivity index (χ1n) is 5.29. The van der Waals surface area contributed by atoms with E-state index in [9.17, 15) is 4.79 Å². The zero-order chi connectivity index (χ0) is 10.4. The van der Waals surface area contributed by atoms with Gasteiger partial charge >= 0.3 is 0 Å². The normalized spacial score (nSPS) is 26.9. The number of carbonyl (C=O) groups is 1. The standard InChI is InChI=1S/C11H19NO2/c1-2-7-12-11(14)10-6-4-3-5-9(10)8-13/h2,9-10,13H,1,3-8H2,(H,12,14). The number of nitrogens with one attached hydrogen (secondary N) is 1. The Kier molecular flexibility index (Phi) is 4.66. The molecule has 1 saturated carbocycles. The van der Waals surface area contributed by atoms with Crippen molar-refractivity contribution in [2.24, 2.45) is 11.8 Å². The lowest BCUT2D eigenvalue weighted by atomic mass is 9.79. The van der Waals surface area contributed by atoms with Crippen molar-refractivity contribution in [2.45, 2.75) is 25.7 Å². The van der Waals surface area contributed by atoms with Crippen LogP contribution in [-0.2, 0) is 4.79 Å². The zero-order valence-electron chi connectivity index (χ0n) is 8.54. The summed E-state index contributed by atoms with van der Waals surface area (Å²) in [5.74, 6) is 0.242. The van der Waals surface area contributed by atoms with Crippen LogP contribution in [-0.4, -0.2) is 24.2 Å². The second kappa shape index (κ2) is 5.81. The highest BCUT2D eigenvalue weighted by molar-refractivity contribution is 5.79. The van der Waals surface area contributed by atoms with E-state index in [1.165, 1.54) is 0 Å². The first-order chi connectivity index (χ1) is 6.79. The van der Waals surface area contributed by atoms with E-state index in [4.69, 9.17) is 5.11 Å². The molecule has 2 atom stereocenters. The highest BCUT2D eigenvalue weighted by atomic mass is 16.3. The third-order valence-corrected chi connectivity index (χ3v) is 2.90. The molecule has 2 unspecified atom stereocenters. The van der Waals surface area contributed by atoms with Crippen molar-refractivity contribution in [3.8, 4) is 0 Å². The minimum absolute atomic E-state index is 0.00806. The fourth-order valence-corrected chi connectivity index (χ4v) is 2.08. The Balaban J connectivity index is 2.45. The number of hydrogen-bond donors (Lipinski definition) is 2. The average molecular weight is 197 g/mol. The van der Waals surface area contributed by atoms with E-state index in [1.807, 2.05) is 0 Å². The quantitative estimate of drug-likeness (QED) is 0.663. The van der Waals surface area contributed by atoms with Crippen molar-refractivity contribution < 1.29 is 9.90 Å². The molecule has 0 bridgehead atoms. The van der Waals surface area contributed by atoms with Crippen LogP contribution in [0.25, 0.3) is 0 Å². The van der Waals surface area contributed by atoms with E-state index >= 15 is 0 Å². The van der Waals surface area contributed by atoms with Gasteiger partial charge in [-0.2, -0.15) is 0 Å². The van der Waals surface area contributed by atoms with Gasteiger partial charge in [-0.05, 0) is 18.8 Å². The Morgan fingerprint density at radius 3 is 2.86 bits per heavy atom. The highest BCUT2D eigenvalue weighted by Gasteiger charge is 2.29. The zero-order valence-corrected chi connectivity index (χ0v) is 8.54. The summed E-state index contributed by atoms with van der Waals surface area (Å²) in [4.78, 5) is 11.7. The molecular formula is C11H19NO2. The number of hydrogen-bond acceptors (Lipinski definition) is 2. The average Bonchev–Trinajstić information content (AvgIpc) is 2.25. The van der Waals surface area contributed by atoms with Crippen LogP contribution >= 0.6 is 0 Å². The van der Waals surface area contributed by atoms with Gasteiger partial charge in [0.1, 0.15) is 0 Å². The van der Waals surface area contributed by atoms with Gasteiger partial charge in [0, 0.05) is 19.1 Å². The highest BCUT2D eigenvalue weighted by Crippen LogP contribution is 2.29. The van der Waals surface area contributed by atoms with Crippen LogP contribution in [0.5, 0.6) is 0 Å². The minimum Gasteiger partial charge on any atom is -0.396 e. The summed E-state index contributed by atoms with van der Waals surface area (Å²) in [6.07, 6.45) is 5.80. The molecule has 0 aromatic rings. The lowest BCUT2D eigenvalue weighted by molar-refractivity contribution is -0.128. The van der Waals surface area contributed by atoms with Gasteiger partial charge in [-0.25, -0.2) is 0 Å². The van der Waals surface area contributed by atoms with Crippen molar-refractivity contribution >= 4 is 5.91 Å². The Bertz CT molecular complexity index is 203. The second-order valence-corrected chi connectivity index (χ2v) is 3.87. The van der Waals surface area contributed by atoms with E-state index < -0.39 is 0 Å². The predicted molar refractivity (Wildman–Crippen MR) is 55.7 cm³/mol. The van der Waals surface area contributed by atoms with Crippen LogP contribution < -0.4 is 5.32 Å². The lowest BCUT2D eigenvalue weighted by Crippen LogP contribution is -2.38. The van der Waals surface area contributed by atoms with Crippen molar-refractivity contribution in [3.05, 3.63) is 12.7 Å². The monoisotopic (exact) mass is 197 g/mol. The SMILES string of the molecule is C=CCNC(=O)C1CCCCC1CO. The molecule has 0 spiro atoms. The van der Waals surface area contributed by atoms with Gasteiger partial charge in [0.15, 0.2) is 0 Å².